The summed E-state index contributed by atoms with van der Waals surface area (Å²) in [6.45, 7) is 0.295. The van der Waals surface area contributed by atoms with Gasteiger partial charge in [-0.05, 0) is 6.92 Å². The summed E-state index contributed by atoms with van der Waals surface area (Å²) < 4.78 is 35.4. The van der Waals surface area contributed by atoms with Crippen LogP contribution in [0.2, 0.25) is 0 Å². The van der Waals surface area contributed by atoms with E-state index in [-0.39, 0.29) is 18.9 Å². The molecule has 0 aromatic rings. The molecule has 0 aliphatic rings. The molecule has 0 rings (SSSR count). The lowest BCUT2D eigenvalue weighted by molar-refractivity contribution is -0.139. The molecule has 0 bridgehead atoms. The molecule has 0 heterocycles. The zero-order chi connectivity index (χ0) is 13.5. The fourth-order valence-corrected chi connectivity index (χ4v) is 0.960. The molecule has 17 heavy (non-hydrogen) atoms. The highest BCUT2D eigenvalue weighted by molar-refractivity contribution is 5.81. The number of alkyl halides is 3. The molecule has 1 atom stereocenters. The predicted octanol–water partition coefficient (Wildman–Crippen LogP) is -0.221. The lowest BCUT2D eigenvalue weighted by Crippen LogP contribution is -2.45. The van der Waals surface area contributed by atoms with Crippen LogP contribution in [0.15, 0.2) is 0 Å². The van der Waals surface area contributed by atoms with Gasteiger partial charge in [-0.3, -0.25) is 9.59 Å². The molecule has 0 aliphatic carbocycles. The molecule has 1 unspecified atom stereocenters. The van der Waals surface area contributed by atoms with Crippen LogP contribution in [0.1, 0.15) is 13.3 Å². The summed E-state index contributed by atoms with van der Waals surface area (Å²) in [5, 5.41) is 6.78. The number of halogens is 3. The van der Waals surface area contributed by atoms with Gasteiger partial charge in [0.2, 0.25) is 11.8 Å². The van der Waals surface area contributed by atoms with Crippen LogP contribution in [-0.4, -0.2) is 44.2 Å². The van der Waals surface area contributed by atoms with Crippen molar-refractivity contribution in [2.45, 2.75) is 25.6 Å². The minimum Gasteiger partial charge on any atom is -0.359 e. The van der Waals surface area contributed by atoms with Gasteiger partial charge in [0.05, 0.1) is 6.04 Å². The van der Waals surface area contributed by atoms with Crippen molar-refractivity contribution < 1.29 is 22.8 Å². The summed E-state index contributed by atoms with van der Waals surface area (Å²) in [5.74, 6) is -0.959. The maximum atomic E-state index is 11.8. The third-order valence-electron chi connectivity index (χ3n) is 1.94. The molecule has 100 valence electrons. The number of hydrogen-bond donors (Lipinski definition) is 3. The molecule has 0 spiro atoms. The van der Waals surface area contributed by atoms with E-state index in [0.29, 0.717) is 0 Å². The van der Waals surface area contributed by atoms with Crippen LogP contribution >= 0.6 is 0 Å². The Balaban J connectivity index is 3.79. The van der Waals surface area contributed by atoms with Gasteiger partial charge in [0.1, 0.15) is 6.54 Å². The van der Waals surface area contributed by atoms with Crippen LogP contribution in [0.5, 0.6) is 0 Å². The molecule has 0 aromatic heterocycles. The Morgan fingerprint density at radius 3 is 2.35 bits per heavy atom. The van der Waals surface area contributed by atoms with Crippen molar-refractivity contribution in [1.29, 1.82) is 0 Å². The quantitative estimate of drug-likeness (QED) is 0.614. The highest BCUT2D eigenvalue weighted by Gasteiger charge is 2.28. The second-order valence-electron chi connectivity index (χ2n) is 3.43. The standard InChI is InChI=1S/C9H16F3N3O2/c1-6(14-4-3-7(16)13-2)8(17)15-5-9(10,11)12/h6,14H,3-5H2,1-2H3,(H,13,16)(H,15,17). The minimum absolute atomic E-state index is 0.160. The Morgan fingerprint density at radius 2 is 1.88 bits per heavy atom. The van der Waals surface area contributed by atoms with Gasteiger partial charge in [0.15, 0.2) is 0 Å². The summed E-state index contributed by atoms with van der Waals surface area (Å²) in [7, 11) is 1.47. The van der Waals surface area contributed by atoms with Crippen molar-refractivity contribution in [3.05, 3.63) is 0 Å². The van der Waals surface area contributed by atoms with E-state index < -0.39 is 24.7 Å². The molecule has 3 N–H and O–H groups in total. The van der Waals surface area contributed by atoms with E-state index in [1.165, 1.54) is 14.0 Å². The summed E-state index contributed by atoms with van der Waals surface area (Å²) in [5.41, 5.74) is 0. The van der Waals surface area contributed by atoms with Crippen LogP contribution < -0.4 is 16.0 Å². The van der Waals surface area contributed by atoms with Crippen LogP contribution in [-0.2, 0) is 9.59 Å². The Hall–Kier alpha value is -1.31. The Bertz CT molecular complexity index is 269. The number of carbonyl (C=O) groups is 2. The van der Waals surface area contributed by atoms with Crippen molar-refractivity contribution in [2.75, 3.05) is 20.1 Å². The number of carbonyl (C=O) groups excluding carboxylic acids is 2. The summed E-state index contributed by atoms with van der Waals surface area (Å²) in [6.07, 6.45) is -4.26. The first-order valence-corrected chi connectivity index (χ1v) is 5.04. The first kappa shape index (κ1) is 15.7. The van der Waals surface area contributed by atoms with E-state index in [1.807, 2.05) is 0 Å². The Labute approximate surface area is 97.1 Å². The lowest BCUT2D eigenvalue weighted by atomic mass is 10.3. The van der Waals surface area contributed by atoms with Gasteiger partial charge in [-0.15, -0.1) is 0 Å². The molecule has 8 heteroatoms. The van der Waals surface area contributed by atoms with E-state index in [2.05, 4.69) is 10.6 Å². The maximum absolute atomic E-state index is 11.8. The molecule has 0 radical (unpaired) electrons. The van der Waals surface area contributed by atoms with Crippen molar-refractivity contribution in [3.63, 3.8) is 0 Å². The number of amides is 2. The van der Waals surface area contributed by atoms with Gasteiger partial charge >= 0.3 is 6.18 Å². The van der Waals surface area contributed by atoms with Gasteiger partial charge in [-0.25, -0.2) is 0 Å². The monoisotopic (exact) mass is 255 g/mol. The van der Waals surface area contributed by atoms with Gasteiger partial charge in [0, 0.05) is 20.0 Å². The van der Waals surface area contributed by atoms with Crippen molar-refractivity contribution >= 4 is 11.8 Å². The highest BCUT2D eigenvalue weighted by Crippen LogP contribution is 2.12. The average molecular weight is 255 g/mol. The summed E-state index contributed by atoms with van der Waals surface area (Å²) in [4.78, 5) is 22.0. The van der Waals surface area contributed by atoms with Crippen molar-refractivity contribution in [3.8, 4) is 0 Å². The van der Waals surface area contributed by atoms with E-state index in [0.717, 1.165) is 0 Å². The average Bonchev–Trinajstić information content (AvgIpc) is 2.24. The topological polar surface area (TPSA) is 70.2 Å². The normalized spacial score (nSPS) is 13.0. The van der Waals surface area contributed by atoms with E-state index >= 15 is 0 Å². The molecule has 5 nitrogen and oxygen atoms in total. The highest BCUT2D eigenvalue weighted by atomic mass is 19.4. The van der Waals surface area contributed by atoms with Gasteiger partial charge in [-0.1, -0.05) is 0 Å². The third-order valence-corrected chi connectivity index (χ3v) is 1.94. The van der Waals surface area contributed by atoms with Gasteiger partial charge < -0.3 is 16.0 Å². The van der Waals surface area contributed by atoms with E-state index in [4.69, 9.17) is 0 Å². The molecule has 0 fully saturated rings. The number of hydrogen-bond acceptors (Lipinski definition) is 3. The maximum Gasteiger partial charge on any atom is 0.405 e. The van der Waals surface area contributed by atoms with Crippen molar-refractivity contribution in [2.24, 2.45) is 0 Å². The van der Waals surface area contributed by atoms with Crippen molar-refractivity contribution in [1.82, 2.24) is 16.0 Å². The first-order chi connectivity index (χ1) is 7.76. The minimum atomic E-state index is -4.42. The molecule has 0 saturated carbocycles. The fraction of sp³-hybridized carbons (Fsp3) is 0.778. The van der Waals surface area contributed by atoms with E-state index in [1.54, 1.807) is 5.32 Å². The SMILES string of the molecule is CNC(=O)CCNC(C)C(=O)NCC(F)(F)F. The molecular weight excluding hydrogens is 239 g/mol. The fourth-order valence-electron chi connectivity index (χ4n) is 0.960. The first-order valence-electron chi connectivity index (χ1n) is 5.04. The zero-order valence-electron chi connectivity index (χ0n) is 9.65. The Kier molecular flexibility index (Phi) is 6.55. The molecule has 0 aromatic carbocycles. The largest absolute Gasteiger partial charge is 0.405 e. The van der Waals surface area contributed by atoms with Gasteiger partial charge in [-0.2, -0.15) is 13.2 Å². The molecule has 0 aliphatic heterocycles. The second-order valence-corrected chi connectivity index (χ2v) is 3.43. The third kappa shape index (κ3) is 8.49. The molecular formula is C9H16F3N3O2. The predicted molar refractivity (Wildman–Crippen MR) is 55.2 cm³/mol. The zero-order valence-corrected chi connectivity index (χ0v) is 9.65. The smallest absolute Gasteiger partial charge is 0.359 e. The van der Waals surface area contributed by atoms with Crippen LogP contribution in [0.25, 0.3) is 0 Å². The lowest BCUT2D eigenvalue weighted by Gasteiger charge is -2.14. The second kappa shape index (κ2) is 7.10. The van der Waals surface area contributed by atoms with Crippen LogP contribution in [0.4, 0.5) is 13.2 Å². The summed E-state index contributed by atoms with van der Waals surface area (Å²) in [6, 6.07) is -0.776. The number of nitrogens with one attached hydrogen (secondary N) is 3. The molecule has 2 amide bonds. The van der Waals surface area contributed by atoms with E-state index in [9.17, 15) is 22.8 Å². The number of rotatable bonds is 6. The molecule has 0 saturated heterocycles. The van der Waals surface area contributed by atoms with Crippen LogP contribution in [0, 0.1) is 0 Å². The summed E-state index contributed by atoms with van der Waals surface area (Å²) >= 11 is 0. The van der Waals surface area contributed by atoms with Crippen LogP contribution in [0.3, 0.4) is 0 Å². The van der Waals surface area contributed by atoms with Gasteiger partial charge in [0.25, 0.3) is 0 Å². The Morgan fingerprint density at radius 1 is 1.29 bits per heavy atom.